The molecule has 2 aromatic rings. The molecule has 1 fully saturated rings. The number of fused-ring (bicyclic) bond motifs is 1. The Hall–Kier alpha value is -3.66. The molecule has 0 radical (unpaired) electrons. The molecule has 0 aromatic heterocycles. The van der Waals surface area contributed by atoms with E-state index in [2.05, 4.69) is 5.32 Å². The fraction of sp³-hybridized carbons (Fsp3) is 0.391. The number of aryl methyl sites for hydroxylation is 1. The van der Waals surface area contributed by atoms with E-state index in [1.807, 2.05) is 19.1 Å². The van der Waals surface area contributed by atoms with Gasteiger partial charge in [0.15, 0.2) is 6.10 Å². The number of nitrogens with zero attached hydrogens (tertiary/aromatic N) is 3. The fourth-order valence-corrected chi connectivity index (χ4v) is 4.04. The van der Waals surface area contributed by atoms with Crippen molar-refractivity contribution in [1.82, 2.24) is 4.90 Å². The normalized spacial score (nSPS) is 17.7. The summed E-state index contributed by atoms with van der Waals surface area (Å²) in [5, 5.41) is 14.2. The summed E-state index contributed by atoms with van der Waals surface area (Å²) >= 11 is 0. The van der Waals surface area contributed by atoms with Crippen molar-refractivity contribution in [2.24, 2.45) is 0 Å². The van der Waals surface area contributed by atoms with Crippen molar-refractivity contribution >= 4 is 28.9 Å². The molecule has 0 bridgehead atoms. The smallest absolute Gasteiger partial charge is 0.293 e. The first-order valence-corrected chi connectivity index (χ1v) is 10.8. The lowest BCUT2D eigenvalue weighted by Gasteiger charge is -2.38. The standard InChI is InChI=1S/C23H26N4O6/c1-15-7-8-18(27(30)31)22(16(15)2)24-21(28)14-26-13-20(23(29)25-9-11-32-12-10-25)33-19-6-4-3-5-17(19)26/h3-8,20H,9-14H2,1-2H3,(H,24,28). The highest BCUT2D eigenvalue weighted by atomic mass is 16.6. The summed E-state index contributed by atoms with van der Waals surface area (Å²) in [6, 6.07) is 10.3. The molecule has 2 amide bonds. The minimum Gasteiger partial charge on any atom is -0.477 e. The summed E-state index contributed by atoms with van der Waals surface area (Å²) < 4.78 is 11.3. The molecule has 1 unspecified atom stereocenters. The maximum Gasteiger partial charge on any atom is 0.293 e. The zero-order valence-corrected chi connectivity index (χ0v) is 18.6. The van der Waals surface area contributed by atoms with E-state index in [-0.39, 0.29) is 30.4 Å². The van der Waals surface area contributed by atoms with Crippen LogP contribution in [0.1, 0.15) is 11.1 Å². The first kappa shape index (κ1) is 22.5. The molecule has 2 aromatic carbocycles. The number of rotatable bonds is 5. The van der Waals surface area contributed by atoms with Crippen LogP contribution in [0.5, 0.6) is 5.75 Å². The number of hydrogen-bond acceptors (Lipinski definition) is 7. The van der Waals surface area contributed by atoms with Gasteiger partial charge in [0.1, 0.15) is 11.4 Å². The molecule has 0 spiro atoms. The van der Waals surface area contributed by atoms with Crippen LogP contribution in [0, 0.1) is 24.0 Å². The van der Waals surface area contributed by atoms with Gasteiger partial charge < -0.3 is 24.6 Å². The Bertz CT molecular complexity index is 1080. The number of anilines is 2. The van der Waals surface area contributed by atoms with E-state index in [1.54, 1.807) is 34.9 Å². The van der Waals surface area contributed by atoms with E-state index < -0.39 is 16.9 Å². The van der Waals surface area contributed by atoms with Crippen molar-refractivity contribution in [1.29, 1.82) is 0 Å². The molecule has 33 heavy (non-hydrogen) atoms. The van der Waals surface area contributed by atoms with E-state index in [4.69, 9.17) is 9.47 Å². The second-order valence-electron chi connectivity index (χ2n) is 8.10. The zero-order chi connectivity index (χ0) is 23.5. The van der Waals surface area contributed by atoms with Gasteiger partial charge in [0.05, 0.1) is 36.9 Å². The molecule has 10 heteroatoms. The van der Waals surface area contributed by atoms with Gasteiger partial charge in [0, 0.05) is 19.2 Å². The van der Waals surface area contributed by atoms with E-state index in [0.29, 0.717) is 43.3 Å². The lowest BCUT2D eigenvalue weighted by molar-refractivity contribution is -0.384. The molecule has 174 valence electrons. The molecule has 1 saturated heterocycles. The number of morpholine rings is 1. The van der Waals surface area contributed by atoms with Crippen LogP contribution in [0.3, 0.4) is 0 Å². The molecule has 0 aliphatic carbocycles. The van der Waals surface area contributed by atoms with Crippen LogP contribution in [0.25, 0.3) is 0 Å². The maximum absolute atomic E-state index is 13.0. The van der Waals surface area contributed by atoms with Crippen molar-refractivity contribution in [2.75, 3.05) is 49.6 Å². The van der Waals surface area contributed by atoms with Crippen LogP contribution in [0.15, 0.2) is 36.4 Å². The maximum atomic E-state index is 13.0. The van der Waals surface area contributed by atoms with Crippen molar-refractivity contribution in [3.8, 4) is 5.75 Å². The number of amides is 2. The Labute approximate surface area is 191 Å². The molecule has 2 heterocycles. The molecular formula is C23H26N4O6. The van der Waals surface area contributed by atoms with Gasteiger partial charge in [-0.2, -0.15) is 0 Å². The van der Waals surface area contributed by atoms with Crippen LogP contribution in [-0.4, -0.2) is 67.1 Å². The Kier molecular flexibility index (Phi) is 6.45. The average Bonchev–Trinajstić information content (AvgIpc) is 2.82. The Morgan fingerprint density at radius 2 is 1.88 bits per heavy atom. The summed E-state index contributed by atoms with van der Waals surface area (Å²) in [6.45, 7) is 5.63. The third-order valence-corrected chi connectivity index (χ3v) is 5.97. The summed E-state index contributed by atoms with van der Waals surface area (Å²) in [5.41, 5.74) is 2.19. The number of nitrogens with one attached hydrogen (secondary N) is 1. The van der Waals surface area contributed by atoms with Gasteiger partial charge >= 0.3 is 0 Å². The largest absolute Gasteiger partial charge is 0.477 e. The highest BCUT2D eigenvalue weighted by molar-refractivity contribution is 5.97. The molecule has 0 saturated carbocycles. The first-order chi connectivity index (χ1) is 15.8. The minimum absolute atomic E-state index is 0.0855. The molecule has 4 rings (SSSR count). The number of hydrogen-bond donors (Lipinski definition) is 1. The van der Waals surface area contributed by atoms with Gasteiger partial charge in [0.25, 0.3) is 11.6 Å². The van der Waals surface area contributed by atoms with Gasteiger partial charge in [-0.3, -0.25) is 19.7 Å². The summed E-state index contributed by atoms with van der Waals surface area (Å²) in [7, 11) is 0. The summed E-state index contributed by atoms with van der Waals surface area (Å²) in [6.07, 6.45) is -0.763. The minimum atomic E-state index is -0.763. The molecule has 2 aliphatic rings. The quantitative estimate of drug-likeness (QED) is 0.544. The van der Waals surface area contributed by atoms with E-state index in [9.17, 15) is 19.7 Å². The van der Waals surface area contributed by atoms with Gasteiger partial charge in [-0.25, -0.2) is 0 Å². The lowest BCUT2D eigenvalue weighted by atomic mass is 10.1. The van der Waals surface area contributed by atoms with Crippen LogP contribution < -0.4 is 15.0 Å². The SMILES string of the molecule is Cc1ccc([N+](=O)[O-])c(NC(=O)CN2CC(C(=O)N3CCOCC3)Oc3ccccc32)c1C. The number of benzene rings is 2. The number of nitro benzene ring substituents is 1. The lowest BCUT2D eigenvalue weighted by Crippen LogP contribution is -2.53. The van der Waals surface area contributed by atoms with E-state index in [0.717, 1.165) is 5.56 Å². The summed E-state index contributed by atoms with van der Waals surface area (Å²) in [5.74, 6) is -0.0506. The third kappa shape index (κ3) is 4.75. The van der Waals surface area contributed by atoms with Crippen LogP contribution >= 0.6 is 0 Å². The number of ether oxygens (including phenoxy) is 2. The van der Waals surface area contributed by atoms with Crippen molar-refractivity contribution in [2.45, 2.75) is 20.0 Å². The fourth-order valence-electron chi connectivity index (χ4n) is 4.04. The van der Waals surface area contributed by atoms with Gasteiger partial charge in [-0.05, 0) is 37.1 Å². The number of nitro groups is 1. The van der Waals surface area contributed by atoms with Crippen LogP contribution in [0.2, 0.25) is 0 Å². The Morgan fingerprint density at radius 1 is 1.15 bits per heavy atom. The number of para-hydroxylation sites is 2. The zero-order valence-electron chi connectivity index (χ0n) is 18.6. The molecule has 2 aliphatic heterocycles. The Balaban J connectivity index is 1.54. The van der Waals surface area contributed by atoms with Gasteiger partial charge in [-0.15, -0.1) is 0 Å². The van der Waals surface area contributed by atoms with Crippen molar-refractivity contribution in [3.63, 3.8) is 0 Å². The number of carbonyl (C=O) groups is 2. The van der Waals surface area contributed by atoms with Gasteiger partial charge in [0.2, 0.25) is 5.91 Å². The second-order valence-corrected chi connectivity index (χ2v) is 8.10. The van der Waals surface area contributed by atoms with Crippen molar-refractivity contribution < 1.29 is 24.0 Å². The molecule has 1 N–H and O–H groups in total. The predicted octanol–water partition coefficient (Wildman–Crippen LogP) is 2.28. The Morgan fingerprint density at radius 3 is 2.61 bits per heavy atom. The first-order valence-electron chi connectivity index (χ1n) is 10.8. The number of carbonyl (C=O) groups excluding carboxylic acids is 2. The predicted molar refractivity (Wildman–Crippen MR) is 122 cm³/mol. The topological polar surface area (TPSA) is 114 Å². The third-order valence-electron chi connectivity index (χ3n) is 5.97. The highest BCUT2D eigenvalue weighted by Gasteiger charge is 2.35. The average molecular weight is 454 g/mol. The van der Waals surface area contributed by atoms with Gasteiger partial charge in [-0.1, -0.05) is 18.2 Å². The molecular weight excluding hydrogens is 428 g/mol. The van der Waals surface area contributed by atoms with Crippen LogP contribution in [0.4, 0.5) is 17.1 Å². The van der Waals surface area contributed by atoms with Crippen molar-refractivity contribution in [3.05, 3.63) is 57.6 Å². The van der Waals surface area contributed by atoms with E-state index >= 15 is 0 Å². The highest BCUT2D eigenvalue weighted by Crippen LogP contribution is 2.34. The second kappa shape index (κ2) is 9.45. The molecule has 1 atom stereocenters. The van der Waals surface area contributed by atoms with E-state index in [1.165, 1.54) is 6.07 Å². The molecule has 10 nitrogen and oxygen atoms in total. The summed E-state index contributed by atoms with van der Waals surface area (Å²) in [4.78, 5) is 40.4. The van der Waals surface area contributed by atoms with Crippen LogP contribution in [-0.2, 0) is 14.3 Å². The monoisotopic (exact) mass is 454 g/mol.